The summed E-state index contributed by atoms with van der Waals surface area (Å²) < 4.78 is 41.1. The van der Waals surface area contributed by atoms with Gasteiger partial charge >= 0.3 is 7.25 Å². The van der Waals surface area contributed by atoms with Gasteiger partial charge in [-0.1, -0.05) is 0 Å². The first-order valence-electron chi connectivity index (χ1n) is 7.60. The molecule has 0 aliphatic carbocycles. The summed E-state index contributed by atoms with van der Waals surface area (Å²) in [6.45, 7) is 4.23. The van der Waals surface area contributed by atoms with E-state index in [1.54, 1.807) is 0 Å². The van der Waals surface area contributed by atoms with Crippen LogP contribution < -0.4 is 4.57 Å². The zero-order valence-corrected chi connectivity index (χ0v) is 14.1. The normalized spacial score (nSPS) is 11.6. The molecule has 3 nitrogen and oxygen atoms in total. The largest absolute Gasteiger partial charge is 0.673 e. The van der Waals surface area contributed by atoms with Crippen LogP contribution >= 0.6 is 0 Å². The molecule has 0 amide bonds. The van der Waals surface area contributed by atoms with Crippen LogP contribution in [0.1, 0.15) is 22.6 Å². The van der Waals surface area contributed by atoms with Crippen LogP contribution in [0.2, 0.25) is 0 Å². The summed E-state index contributed by atoms with van der Waals surface area (Å²) in [5.74, 6) is 0.883. The molecule has 0 saturated carbocycles. The molecule has 0 fully saturated rings. The van der Waals surface area contributed by atoms with E-state index in [-0.39, 0.29) is 0 Å². The van der Waals surface area contributed by atoms with Gasteiger partial charge in [0.25, 0.3) is 0 Å². The molecule has 25 heavy (non-hydrogen) atoms. The molecule has 2 heterocycles. The highest BCUT2D eigenvalue weighted by Crippen LogP contribution is 2.18. The molecule has 0 unspecified atom stereocenters. The molecule has 132 valence electrons. The summed E-state index contributed by atoms with van der Waals surface area (Å²) in [5, 5.41) is 0. The third-order valence-electron chi connectivity index (χ3n) is 3.62. The Bertz CT molecular complexity index is 856. The Morgan fingerprint density at radius 1 is 1.04 bits per heavy atom. The minimum atomic E-state index is -6.00. The van der Waals surface area contributed by atoms with Crippen molar-refractivity contribution in [1.29, 1.82) is 0 Å². The highest BCUT2D eigenvalue weighted by molar-refractivity contribution is 6.50. The molecule has 1 N–H and O–H groups in total. The Morgan fingerprint density at radius 2 is 1.68 bits per heavy atom. The van der Waals surface area contributed by atoms with Gasteiger partial charge in [-0.25, -0.2) is 9.55 Å². The Balaban J connectivity index is 0.000000399. The number of halogens is 4. The molecule has 3 aromatic rings. The smallest absolute Gasteiger partial charge is 0.418 e. The highest BCUT2D eigenvalue weighted by Gasteiger charge is 2.20. The molecule has 1 aromatic carbocycles. The summed E-state index contributed by atoms with van der Waals surface area (Å²) in [7, 11) is -3.97. The lowest BCUT2D eigenvalue weighted by Gasteiger charge is -1.97. The molecule has 2 aromatic heterocycles. The quantitative estimate of drug-likeness (QED) is 0.412. The first-order chi connectivity index (χ1) is 11.6. The number of H-pyrrole nitrogens is 1. The van der Waals surface area contributed by atoms with Crippen LogP contribution in [0.3, 0.4) is 0 Å². The average molecular weight is 351 g/mol. The van der Waals surface area contributed by atoms with Crippen LogP contribution in [0.25, 0.3) is 23.2 Å². The monoisotopic (exact) mass is 351 g/mol. The standard InChI is InChI=1S/C17H17N3.BF4/c1-12-10-15-16(11-13(12)2)19-17(18-15)8-7-14-6-4-5-9-20(14)3;2-1(3,4)5/h4-11H,1-3H3;/q;-1/p+1. The van der Waals surface area contributed by atoms with Crippen molar-refractivity contribution >= 4 is 30.4 Å². The summed E-state index contributed by atoms with van der Waals surface area (Å²) in [4.78, 5) is 7.95. The Hall–Kier alpha value is -2.64. The fourth-order valence-electron chi connectivity index (χ4n) is 2.24. The fraction of sp³-hybridized carbons (Fsp3) is 0.176. The van der Waals surface area contributed by atoms with Crippen LogP contribution in [0.15, 0.2) is 36.5 Å². The molecule has 0 aliphatic rings. The SMILES string of the molecule is Cc1cc2nc(/C=C/c3cccc[n+]3C)[nH]c2cc1C.F[B-](F)(F)F. The summed E-state index contributed by atoms with van der Waals surface area (Å²) in [6, 6.07) is 10.4. The number of benzene rings is 1. The number of pyridine rings is 1. The van der Waals surface area contributed by atoms with E-state index in [1.807, 2.05) is 31.5 Å². The first-order valence-corrected chi connectivity index (χ1v) is 7.60. The molecule has 0 bridgehead atoms. The van der Waals surface area contributed by atoms with Crippen LogP contribution in [-0.4, -0.2) is 17.2 Å². The van der Waals surface area contributed by atoms with Crippen molar-refractivity contribution in [2.24, 2.45) is 7.05 Å². The number of aromatic nitrogens is 3. The molecule has 0 saturated heterocycles. The van der Waals surface area contributed by atoms with E-state index in [0.717, 1.165) is 22.6 Å². The van der Waals surface area contributed by atoms with E-state index in [4.69, 9.17) is 0 Å². The number of hydrogen-bond donors (Lipinski definition) is 1. The van der Waals surface area contributed by atoms with E-state index in [9.17, 15) is 17.3 Å². The van der Waals surface area contributed by atoms with Gasteiger partial charge in [-0.15, -0.1) is 0 Å². The average Bonchev–Trinajstić information content (AvgIpc) is 2.87. The number of nitrogens with zero attached hydrogens (tertiary/aromatic N) is 2. The third-order valence-corrected chi connectivity index (χ3v) is 3.62. The molecule has 0 atom stereocenters. The molecule has 8 heteroatoms. The summed E-state index contributed by atoms with van der Waals surface area (Å²) >= 11 is 0. The maximum Gasteiger partial charge on any atom is 0.673 e. The topological polar surface area (TPSA) is 32.6 Å². The van der Waals surface area contributed by atoms with E-state index in [0.29, 0.717) is 0 Å². The molecule has 3 rings (SSSR count). The van der Waals surface area contributed by atoms with Gasteiger partial charge < -0.3 is 22.2 Å². The van der Waals surface area contributed by atoms with Gasteiger partial charge in [0, 0.05) is 18.2 Å². The number of aryl methyl sites for hydroxylation is 3. The second-order valence-corrected chi connectivity index (χ2v) is 5.64. The number of hydrogen-bond acceptors (Lipinski definition) is 1. The van der Waals surface area contributed by atoms with Crippen molar-refractivity contribution in [1.82, 2.24) is 9.97 Å². The number of rotatable bonds is 2. The predicted octanol–water partition coefficient (Wildman–Crippen LogP) is 4.47. The second-order valence-electron chi connectivity index (χ2n) is 5.64. The zero-order valence-electron chi connectivity index (χ0n) is 14.1. The maximum absolute atomic E-state index is 9.75. The van der Waals surface area contributed by atoms with Crippen molar-refractivity contribution in [2.45, 2.75) is 13.8 Å². The van der Waals surface area contributed by atoms with Crippen molar-refractivity contribution in [3.05, 3.63) is 59.2 Å². The van der Waals surface area contributed by atoms with Gasteiger partial charge in [0.1, 0.15) is 12.9 Å². The zero-order chi connectivity index (χ0) is 18.6. The van der Waals surface area contributed by atoms with Crippen LogP contribution in [-0.2, 0) is 7.05 Å². The Kier molecular flexibility index (Phi) is 5.61. The van der Waals surface area contributed by atoms with Gasteiger partial charge in [-0.3, -0.25) is 0 Å². The maximum atomic E-state index is 9.75. The van der Waals surface area contributed by atoms with Crippen LogP contribution in [0.4, 0.5) is 17.3 Å². The van der Waals surface area contributed by atoms with Crippen molar-refractivity contribution in [3.8, 4) is 0 Å². The Labute approximate surface area is 143 Å². The van der Waals surface area contributed by atoms with Crippen LogP contribution in [0, 0.1) is 13.8 Å². The molecular formula is C17H18BF4N3. The van der Waals surface area contributed by atoms with E-state index < -0.39 is 7.25 Å². The number of fused-ring (bicyclic) bond motifs is 1. The van der Waals surface area contributed by atoms with Crippen molar-refractivity contribution < 1.29 is 21.8 Å². The number of imidazole rings is 1. The molecule has 0 radical (unpaired) electrons. The predicted molar refractivity (Wildman–Crippen MR) is 92.3 cm³/mol. The van der Waals surface area contributed by atoms with Gasteiger partial charge in [-0.2, -0.15) is 0 Å². The van der Waals surface area contributed by atoms with E-state index in [2.05, 4.69) is 52.7 Å². The molecule has 0 aliphatic heterocycles. The lowest BCUT2D eigenvalue weighted by atomic mass is 10.1. The number of aromatic amines is 1. The van der Waals surface area contributed by atoms with Gasteiger partial charge in [0.15, 0.2) is 6.20 Å². The first kappa shape index (κ1) is 18.7. The highest BCUT2D eigenvalue weighted by atomic mass is 19.5. The second kappa shape index (κ2) is 7.50. The minimum absolute atomic E-state index is 0.883. The molecular weight excluding hydrogens is 333 g/mol. The summed E-state index contributed by atoms with van der Waals surface area (Å²) in [6.07, 6.45) is 6.11. The van der Waals surface area contributed by atoms with Crippen molar-refractivity contribution in [3.63, 3.8) is 0 Å². The fourth-order valence-corrected chi connectivity index (χ4v) is 2.24. The Morgan fingerprint density at radius 3 is 2.32 bits per heavy atom. The van der Waals surface area contributed by atoms with Gasteiger partial charge in [-0.05, 0) is 49.2 Å². The van der Waals surface area contributed by atoms with Gasteiger partial charge in [0.05, 0.1) is 11.0 Å². The van der Waals surface area contributed by atoms with Gasteiger partial charge in [0.2, 0.25) is 5.69 Å². The minimum Gasteiger partial charge on any atom is -0.418 e. The lowest BCUT2D eigenvalue weighted by molar-refractivity contribution is -0.673. The van der Waals surface area contributed by atoms with Crippen LogP contribution in [0.5, 0.6) is 0 Å². The van der Waals surface area contributed by atoms with Crippen molar-refractivity contribution in [2.75, 3.05) is 0 Å². The summed E-state index contributed by atoms with van der Waals surface area (Å²) in [5.41, 5.74) is 5.80. The third kappa shape index (κ3) is 5.74. The number of nitrogens with one attached hydrogen (secondary N) is 1. The molecule has 0 spiro atoms. The van der Waals surface area contributed by atoms with E-state index in [1.165, 1.54) is 11.1 Å². The van der Waals surface area contributed by atoms with E-state index >= 15 is 0 Å². The lowest BCUT2D eigenvalue weighted by Crippen LogP contribution is -2.30.